The Hall–Kier alpha value is -2.89. The number of nitrogens with zero attached hydrogens (tertiary/aromatic N) is 3. The predicted molar refractivity (Wildman–Crippen MR) is 134 cm³/mol. The Labute approximate surface area is 192 Å². The standard InChI is InChI=1S/C27H36N4O/c1-5-23(14-15-31-18-16-30(4)17-19-31)11-10-22(3)29-27(28)26-13-12-25(32-26)20-24-9-7-6-8-21(24)2/h5-13H,3,14-20H2,1-2,4H3,(H2,28,29)/b11-10-,23-5+. The summed E-state index contributed by atoms with van der Waals surface area (Å²) in [5, 5.41) is 0. The van der Waals surface area contributed by atoms with Crippen LogP contribution in [0.15, 0.2) is 81.9 Å². The minimum atomic E-state index is 0.343. The largest absolute Gasteiger partial charge is 0.457 e. The van der Waals surface area contributed by atoms with Gasteiger partial charge in [0.1, 0.15) is 5.76 Å². The average molecular weight is 433 g/mol. The van der Waals surface area contributed by atoms with Crippen molar-refractivity contribution in [2.45, 2.75) is 26.7 Å². The Morgan fingerprint density at radius 2 is 1.88 bits per heavy atom. The number of allylic oxidation sites excluding steroid dienone is 3. The molecule has 5 nitrogen and oxygen atoms in total. The summed E-state index contributed by atoms with van der Waals surface area (Å²) < 4.78 is 5.92. The molecule has 0 aliphatic carbocycles. The van der Waals surface area contributed by atoms with E-state index in [1.807, 2.05) is 30.3 Å². The number of benzene rings is 1. The van der Waals surface area contributed by atoms with Crippen LogP contribution in [0.2, 0.25) is 0 Å². The first-order valence-corrected chi connectivity index (χ1v) is 11.4. The Kier molecular flexibility index (Phi) is 8.65. The minimum absolute atomic E-state index is 0.343. The highest BCUT2D eigenvalue weighted by atomic mass is 16.3. The fourth-order valence-corrected chi connectivity index (χ4v) is 3.74. The molecule has 32 heavy (non-hydrogen) atoms. The molecular weight excluding hydrogens is 396 g/mol. The smallest absolute Gasteiger partial charge is 0.169 e. The molecule has 0 atom stereocenters. The van der Waals surface area contributed by atoms with E-state index in [-0.39, 0.29) is 0 Å². The zero-order valence-corrected chi connectivity index (χ0v) is 19.7. The molecule has 1 aromatic carbocycles. The number of aliphatic imine (C=N–C) groups is 1. The fraction of sp³-hybridized carbons (Fsp3) is 0.370. The molecule has 1 fully saturated rings. The van der Waals surface area contributed by atoms with Gasteiger partial charge >= 0.3 is 0 Å². The molecule has 0 bridgehead atoms. The molecule has 0 saturated carbocycles. The van der Waals surface area contributed by atoms with Gasteiger partial charge in [-0.15, -0.1) is 0 Å². The predicted octanol–water partition coefficient (Wildman–Crippen LogP) is 4.54. The third-order valence-electron chi connectivity index (χ3n) is 5.98. The number of hydrogen-bond donors (Lipinski definition) is 1. The number of furan rings is 1. The van der Waals surface area contributed by atoms with E-state index < -0.39 is 0 Å². The Morgan fingerprint density at radius 3 is 2.59 bits per heavy atom. The first-order valence-electron chi connectivity index (χ1n) is 11.4. The molecule has 5 heteroatoms. The monoisotopic (exact) mass is 432 g/mol. The zero-order valence-electron chi connectivity index (χ0n) is 19.7. The highest BCUT2D eigenvalue weighted by Crippen LogP contribution is 2.17. The van der Waals surface area contributed by atoms with Crippen LogP contribution in [0, 0.1) is 6.92 Å². The lowest BCUT2D eigenvalue weighted by Crippen LogP contribution is -2.44. The van der Waals surface area contributed by atoms with Crippen molar-refractivity contribution in [1.82, 2.24) is 9.80 Å². The minimum Gasteiger partial charge on any atom is -0.457 e. The van der Waals surface area contributed by atoms with Gasteiger partial charge in [0.2, 0.25) is 0 Å². The third-order valence-corrected chi connectivity index (χ3v) is 5.98. The maximum absolute atomic E-state index is 6.18. The summed E-state index contributed by atoms with van der Waals surface area (Å²) in [6, 6.07) is 12.1. The maximum Gasteiger partial charge on any atom is 0.169 e. The normalized spacial score (nSPS) is 16.7. The molecular formula is C27H36N4O. The second kappa shape index (κ2) is 11.7. The molecule has 2 heterocycles. The van der Waals surface area contributed by atoms with Crippen molar-refractivity contribution in [2.75, 3.05) is 39.8 Å². The number of likely N-dealkylation sites (N-methyl/N-ethyl adjacent to an activating group) is 1. The van der Waals surface area contributed by atoms with Gasteiger partial charge in [0, 0.05) is 39.1 Å². The van der Waals surface area contributed by atoms with Crippen LogP contribution in [0.4, 0.5) is 0 Å². The summed E-state index contributed by atoms with van der Waals surface area (Å²) in [6.45, 7) is 13.9. The number of nitrogens with two attached hydrogens (primary N) is 1. The highest BCUT2D eigenvalue weighted by molar-refractivity contribution is 5.95. The lowest BCUT2D eigenvalue weighted by Gasteiger charge is -2.32. The lowest BCUT2D eigenvalue weighted by molar-refractivity contribution is 0.155. The molecule has 2 aromatic rings. The molecule has 1 aliphatic rings. The molecule has 1 aliphatic heterocycles. The molecule has 1 aromatic heterocycles. The van der Waals surface area contributed by atoms with Gasteiger partial charge in [-0.2, -0.15) is 0 Å². The number of piperazine rings is 1. The second-order valence-electron chi connectivity index (χ2n) is 8.45. The van der Waals surface area contributed by atoms with Crippen LogP contribution < -0.4 is 5.73 Å². The van der Waals surface area contributed by atoms with Crippen LogP contribution in [0.25, 0.3) is 0 Å². The van der Waals surface area contributed by atoms with Crippen molar-refractivity contribution < 1.29 is 4.42 Å². The van der Waals surface area contributed by atoms with Gasteiger partial charge in [0.15, 0.2) is 11.6 Å². The summed E-state index contributed by atoms with van der Waals surface area (Å²) in [5.41, 5.74) is 10.6. The molecule has 1 saturated heterocycles. The number of amidine groups is 1. The van der Waals surface area contributed by atoms with Crippen molar-refractivity contribution in [3.05, 3.63) is 95.1 Å². The molecule has 0 amide bonds. The van der Waals surface area contributed by atoms with Crippen molar-refractivity contribution in [2.24, 2.45) is 10.7 Å². The van der Waals surface area contributed by atoms with Crippen molar-refractivity contribution in [3.63, 3.8) is 0 Å². The summed E-state index contributed by atoms with van der Waals surface area (Å²) in [5.74, 6) is 1.79. The molecule has 2 N–H and O–H groups in total. The van der Waals surface area contributed by atoms with E-state index in [2.05, 4.69) is 66.6 Å². The van der Waals surface area contributed by atoms with E-state index in [0.717, 1.165) is 51.3 Å². The SMILES string of the molecule is C=C(/C=C\C(=C/C)CCN1CCN(C)CC1)N=C(N)c1ccc(Cc2ccccc2C)o1. The van der Waals surface area contributed by atoms with E-state index in [4.69, 9.17) is 10.2 Å². The maximum atomic E-state index is 6.18. The lowest BCUT2D eigenvalue weighted by atomic mass is 10.1. The Balaban J connectivity index is 1.53. The molecule has 3 rings (SSSR count). The van der Waals surface area contributed by atoms with Crippen molar-refractivity contribution in [1.29, 1.82) is 0 Å². The third kappa shape index (κ3) is 7.08. The van der Waals surface area contributed by atoms with Gasteiger partial charge in [0.05, 0.1) is 5.70 Å². The van der Waals surface area contributed by atoms with E-state index in [9.17, 15) is 0 Å². The first-order chi connectivity index (χ1) is 15.4. The van der Waals surface area contributed by atoms with Crippen LogP contribution in [0.1, 0.15) is 36.0 Å². The summed E-state index contributed by atoms with van der Waals surface area (Å²) in [4.78, 5) is 9.33. The summed E-state index contributed by atoms with van der Waals surface area (Å²) >= 11 is 0. The summed E-state index contributed by atoms with van der Waals surface area (Å²) in [7, 11) is 2.18. The van der Waals surface area contributed by atoms with Crippen LogP contribution in [0.5, 0.6) is 0 Å². The van der Waals surface area contributed by atoms with Crippen LogP contribution in [-0.2, 0) is 6.42 Å². The molecule has 0 unspecified atom stereocenters. The van der Waals surface area contributed by atoms with Gasteiger partial charge in [-0.3, -0.25) is 0 Å². The van der Waals surface area contributed by atoms with Gasteiger partial charge in [-0.05, 0) is 56.7 Å². The van der Waals surface area contributed by atoms with E-state index >= 15 is 0 Å². The highest BCUT2D eigenvalue weighted by Gasteiger charge is 2.13. The quantitative estimate of drug-likeness (QED) is 0.359. The second-order valence-corrected chi connectivity index (χ2v) is 8.45. The van der Waals surface area contributed by atoms with E-state index in [1.54, 1.807) is 0 Å². The van der Waals surface area contributed by atoms with Crippen molar-refractivity contribution in [3.8, 4) is 0 Å². The fourth-order valence-electron chi connectivity index (χ4n) is 3.74. The Bertz CT molecular complexity index is 991. The molecule has 0 spiro atoms. The van der Waals surface area contributed by atoms with Crippen LogP contribution in [-0.4, -0.2) is 55.4 Å². The van der Waals surface area contributed by atoms with Crippen molar-refractivity contribution >= 4 is 5.84 Å². The van der Waals surface area contributed by atoms with Gasteiger partial charge in [-0.25, -0.2) is 4.99 Å². The first kappa shape index (κ1) is 23.8. The Morgan fingerprint density at radius 1 is 1.12 bits per heavy atom. The average Bonchev–Trinajstić information content (AvgIpc) is 3.25. The number of hydrogen-bond acceptors (Lipinski definition) is 4. The van der Waals surface area contributed by atoms with Crippen LogP contribution in [0.3, 0.4) is 0 Å². The summed E-state index contributed by atoms with van der Waals surface area (Å²) in [6.07, 6.45) is 7.91. The number of rotatable bonds is 9. The molecule has 0 radical (unpaired) electrons. The van der Waals surface area contributed by atoms with E-state index in [0.29, 0.717) is 17.3 Å². The number of aryl methyl sites for hydroxylation is 1. The molecule has 170 valence electrons. The topological polar surface area (TPSA) is 58.0 Å². The van der Waals surface area contributed by atoms with E-state index in [1.165, 1.54) is 16.7 Å². The zero-order chi connectivity index (χ0) is 22.9. The van der Waals surface area contributed by atoms with Gasteiger partial charge in [0.25, 0.3) is 0 Å². The van der Waals surface area contributed by atoms with Gasteiger partial charge in [-0.1, -0.05) is 48.6 Å². The van der Waals surface area contributed by atoms with Gasteiger partial charge < -0.3 is 20.0 Å². The van der Waals surface area contributed by atoms with Crippen LogP contribution >= 0.6 is 0 Å².